The van der Waals surface area contributed by atoms with Crippen LogP contribution in [0.3, 0.4) is 0 Å². The summed E-state index contributed by atoms with van der Waals surface area (Å²) in [5.41, 5.74) is 1.46. The molecule has 21 heavy (non-hydrogen) atoms. The van der Waals surface area contributed by atoms with Crippen molar-refractivity contribution in [3.63, 3.8) is 0 Å². The number of nitrogens with zero attached hydrogens (tertiary/aromatic N) is 2. The lowest BCUT2D eigenvalue weighted by molar-refractivity contribution is 0.0822. The molecule has 4 heteroatoms. The molecule has 0 spiro atoms. The fourth-order valence-corrected chi connectivity index (χ4v) is 2.15. The molecule has 0 saturated carbocycles. The van der Waals surface area contributed by atoms with Gasteiger partial charge in [-0.15, -0.1) is 0 Å². The third kappa shape index (κ3) is 7.11. The van der Waals surface area contributed by atoms with Crippen LogP contribution in [0, 0.1) is 5.92 Å². The molecular formula is C17H29N3O. The Morgan fingerprint density at radius 1 is 1.24 bits per heavy atom. The molecule has 0 bridgehead atoms. The van der Waals surface area contributed by atoms with Crippen LogP contribution in [-0.2, 0) is 0 Å². The number of aromatic nitrogens is 1. The summed E-state index contributed by atoms with van der Waals surface area (Å²) in [7, 11) is 3.47. The maximum absolute atomic E-state index is 11.8. The van der Waals surface area contributed by atoms with E-state index in [9.17, 15) is 4.79 Å². The molecule has 1 heterocycles. The van der Waals surface area contributed by atoms with Crippen LogP contribution in [0.4, 0.5) is 5.69 Å². The Balaban J connectivity index is 2.26. The second-order valence-corrected chi connectivity index (χ2v) is 6.15. The third-order valence-electron chi connectivity index (χ3n) is 3.42. The summed E-state index contributed by atoms with van der Waals surface area (Å²) in [6.07, 6.45) is 8.07. The molecule has 0 aromatic carbocycles. The lowest BCUT2D eigenvalue weighted by atomic mass is 10.0. The summed E-state index contributed by atoms with van der Waals surface area (Å²) in [6.45, 7) is 5.50. The zero-order chi connectivity index (χ0) is 15.7. The van der Waals surface area contributed by atoms with E-state index in [0.29, 0.717) is 5.69 Å². The molecule has 1 rings (SSSR count). The van der Waals surface area contributed by atoms with Crippen LogP contribution in [0.15, 0.2) is 18.3 Å². The fourth-order valence-electron chi connectivity index (χ4n) is 2.15. The summed E-state index contributed by atoms with van der Waals surface area (Å²) in [5, 5.41) is 3.37. The fraction of sp³-hybridized carbons (Fsp3) is 0.647. The first kappa shape index (κ1) is 17.5. The van der Waals surface area contributed by atoms with Crippen LogP contribution in [0.1, 0.15) is 56.4 Å². The Morgan fingerprint density at radius 2 is 1.95 bits per heavy atom. The SMILES string of the molecule is CC(C)CCCCCCNc1ccnc(C(=O)N(C)C)c1. The molecule has 0 aliphatic heterocycles. The van der Waals surface area contributed by atoms with Gasteiger partial charge in [-0.05, 0) is 24.5 Å². The van der Waals surface area contributed by atoms with E-state index in [1.54, 1.807) is 25.2 Å². The summed E-state index contributed by atoms with van der Waals surface area (Å²) in [4.78, 5) is 17.5. The molecule has 1 amide bonds. The van der Waals surface area contributed by atoms with E-state index >= 15 is 0 Å². The van der Waals surface area contributed by atoms with Crippen molar-refractivity contribution >= 4 is 11.6 Å². The molecule has 0 atom stereocenters. The van der Waals surface area contributed by atoms with E-state index in [2.05, 4.69) is 24.1 Å². The zero-order valence-corrected chi connectivity index (χ0v) is 13.9. The molecule has 1 aromatic rings. The molecule has 0 aliphatic rings. The summed E-state index contributed by atoms with van der Waals surface area (Å²) in [6, 6.07) is 3.73. The molecule has 0 unspecified atom stereocenters. The quantitative estimate of drug-likeness (QED) is 0.704. The normalized spacial score (nSPS) is 10.7. The van der Waals surface area contributed by atoms with Crippen molar-refractivity contribution in [2.24, 2.45) is 5.92 Å². The molecule has 1 aromatic heterocycles. The van der Waals surface area contributed by atoms with Crippen molar-refractivity contribution in [3.8, 4) is 0 Å². The third-order valence-corrected chi connectivity index (χ3v) is 3.42. The van der Waals surface area contributed by atoms with Crippen molar-refractivity contribution in [2.75, 3.05) is 26.0 Å². The Kier molecular flexibility index (Phi) is 7.80. The van der Waals surface area contributed by atoms with E-state index in [-0.39, 0.29) is 5.91 Å². The lowest BCUT2D eigenvalue weighted by Gasteiger charge is -2.11. The molecule has 0 aliphatic carbocycles. The molecule has 1 N–H and O–H groups in total. The summed E-state index contributed by atoms with van der Waals surface area (Å²) < 4.78 is 0. The van der Waals surface area contributed by atoms with E-state index in [4.69, 9.17) is 0 Å². The van der Waals surface area contributed by atoms with E-state index in [0.717, 1.165) is 24.6 Å². The first-order chi connectivity index (χ1) is 10.0. The lowest BCUT2D eigenvalue weighted by Crippen LogP contribution is -2.22. The van der Waals surface area contributed by atoms with Crippen LogP contribution in [0.25, 0.3) is 0 Å². The van der Waals surface area contributed by atoms with E-state index < -0.39 is 0 Å². The van der Waals surface area contributed by atoms with Crippen molar-refractivity contribution in [2.45, 2.75) is 46.0 Å². The zero-order valence-electron chi connectivity index (χ0n) is 13.9. The predicted octanol–water partition coefficient (Wildman–Crippen LogP) is 3.80. The van der Waals surface area contributed by atoms with Crippen LogP contribution in [0.5, 0.6) is 0 Å². The van der Waals surface area contributed by atoms with Gasteiger partial charge in [0, 0.05) is 32.5 Å². The number of nitrogens with one attached hydrogen (secondary N) is 1. The number of pyridine rings is 1. The second kappa shape index (κ2) is 9.37. The summed E-state index contributed by atoms with van der Waals surface area (Å²) in [5.74, 6) is 0.750. The highest BCUT2D eigenvalue weighted by molar-refractivity contribution is 5.92. The predicted molar refractivity (Wildman–Crippen MR) is 88.7 cm³/mol. The van der Waals surface area contributed by atoms with Gasteiger partial charge in [-0.1, -0.05) is 39.5 Å². The number of hydrogen-bond acceptors (Lipinski definition) is 3. The van der Waals surface area contributed by atoms with E-state index in [1.807, 2.05) is 12.1 Å². The molecule has 0 saturated heterocycles. The maximum Gasteiger partial charge on any atom is 0.272 e. The van der Waals surface area contributed by atoms with Crippen LogP contribution in [-0.4, -0.2) is 36.4 Å². The van der Waals surface area contributed by atoms with Gasteiger partial charge in [0.05, 0.1) is 0 Å². The minimum absolute atomic E-state index is 0.0627. The van der Waals surface area contributed by atoms with Gasteiger partial charge in [0.15, 0.2) is 0 Å². The summed E-state index contributed by atoms with van der Waals surface area (Å²) >= 11 is 0. The Bertz CT molecular complexity index is 430. The van der Waals surface area contributed by atoms with Gasteiger partial charge in [-0.25, -0.2) is 0 Å². The van der Waals surface area contributed by atoms with Gasteiger partial charge in [0.2, 0.25) is 0 Å². The van der Waals surface area contributed by atoms with Gasteiger partial charge in [0.1, 0.15) is 5.69 Å². The van der Waals surface area contributed by atoms with Crippen LogP contribution >= 0.6 is 0 Å². The highest BCUT2D eigenvalue weighted by Gasteiger charge is 2.09. The van der Waals surface area contributed by atoms with Crippen LogP contribution in [0.2, 0.25) is 0 Å². The average molecular weight is 291 g/mol. The molecule has 4 nitrogen and oxygen atoms in total. The van der Waals surface area contributed by atoms with Gasteiger partial charge in [0.25, 0.3) is 5.91 Å². The molecule has 0 fully saturated rings. The maximum atomic E-state index is 11.8. The number of carbonyl (C=O) groups excluding carboxylic acids is 1. The van der Waals surface area contributed by atoms with Crippen molar-refractivity contribution in [3.05, 3.63) is 24.0 Å². The van der Waals surface area contributed by atoms with E-state index in [1.165, 1.54) is 25.7 Å². The average Bonchev–Trinajstić information content (AvgIpc) is 2.45. The van der Waals surface area contributed by atoms with Gasteiger partial charge in [-0.2, -0.15) is 0 Å². The first-order valence-electron chi connectivity index (χ1n) is 7.92. The Hall–Kier alpha value is -1.58. The minimum Gasteiger partial charge on any atom is -0.385 e. The smallest absolute Gasteiger partial charge is 0.272 e. The van der Waals surface area contributed by atoms with Crippen LogP contribution < -0.4 is 5.32 Å². The highest BCUT2D eigenvalue weighted by atomic mass is 16.2. The van der Waals surface area contributed by atoms with Crippen molar-refractivity contribution in [1.82, 2.24) is 9.88 Å². The number of unbranched alkanes of at least 4 members (excludes halogenated alkanes) is 3. The number of amides is 1. The molecular weight excluding hydrogens is 262 g/mol. The number of carbonyl (C=O) groups is 1. The number of anilines is 1. The highest BCUT2D eigenvalue weighted by Crippen LogP contribution is 2.11. The van der Waals surface area contributed by atoms with Crippen molar-refractivity contribution < 1.29 is 4.79 Å². The van der Waals surface area contributed by atoms with Gasteiger partial charge in [-0.3, -0.25) is 9.78 Å². The Morgan fingerprint density at radius 3 is 2.62 bits per heavy atom. The monoisotopic (exact) mass is 291 g/mol. The number of rotatable bonds is 9. The second-order valence-electron chi connectivity index (χ2n) is 6.15. The standard InChI is InChI=1S/C17H29N3O/c1-14(2)9-7-5-6-8-11-18-15-10-12-19-16(13-15)17(21)20(3)4/h10,12-14H,5-9,11H2,1-4H3,(H,18,19). The van der Waals surface area contributed by atoms with Gasteiger partial charge < -0.3 is 10.2 Å². The first-order valence-corrected chi connectivity index (χ1v) is 7.92. The largest absolute Gasteiger partial charge is 0.385 e. The van der Waals surface area contributed by atoms with Crippen molar-refractivity contribution in [1.29, 1.82) is 0 Å². The minimum atomic E-state index is -0.0627. The molecule has 118 valence electrons. The topological polar surface area (TPSA) is 45.2 Å². The molecule has 0 radical (unpaired) electrons. The number of hydrogen-bond donors (Lipinski definition) is 1. The van der Waals surface area contributed by atoms with Gasteiger partial charge >= 0.3 is 0 Å². The Labute approximate surface area is 129 Å².